The summed E-state index contributed by atoms with van der Waals surface area (Å²) in [6.07, 6.45) is 1.12. The van der Waals surface area contributed by atoms with Gasteiger partial charge in [0.1, 0.15) is 0 Å². The fourth-order valence-electron chi connectivity index (χ4n) is 1.52. The van der Waals surface area contributed by atoms with Gasteiger partial charge >= 0.3 is 0 Å². The lowest BCUT2D eigenvalue weighted by atomic mass is 10.1. The quantitative estimate of drug-likeness (QED) is 0.746. The number of hydrogen-bond donors (Lipinski definition) is 1. The van der Waals surface area contributed by atoms with Crippen LogP contribution in [0.2, 0.25) is 0 Å². The first-order valence-electron chi connectivity index (χ1n) is 4.81. The Morgan fingerprint density at radius 3 is 2.92 bits per heavy atom. The SMILES string of the molecule is CC(C)c1nc([C@@H]2CCNC2)no1. The second-order valence-electron chi connectivity index (χ2n) is 3.84. The summed E-state index contributed by atoms with van der Waals surface area (Å²) in [5.41, 5.74) is 0. The van der Waals surface area contributed by atoms with Crippen LogP contribution in [0, 0.1) is 0 Å². The number of rotatable bonds is 2. The Labute approximate surface area is 77.7 Å². The first-order chi connectivity index (χ1) is 6.27. The van der Waals surface area contributed by atoms with Crippen molar-refractivity contribution in [2.24, 2.45) is 0 Å². The van der Waals surface area contributed by atoms with Gasteiger partial charge in [0.2, 0.25) is 5.89 Å². The molecular formula is C9H15N3O. The van der Waals surface area contributed by atoms with E-state index >= 15 is 0 Å². The molecule has 72 valence electrons. The molecule has 0 aliphatic carbocycles. The number of nitrogens with zero attached hydrogens (tertiary/aromatic N) is 2. The highest BCUT2D eigenvalue weighted by atomic mass is 16.5. The normalized spacial score (nSPS) is 22.8. The highest BCUT2D eigenvalue weighted by Crippen LogP contribution is 2.21. The predicted octanol–water partition coefficient (Wildman–Crippen LogP) is 1.27. The molecule has 0 radical (unpaired) electrons. The van der Waals surface area contributed by atoms with Gasteiger partial charge in [-0.2, -0.15) is 4.98 Å². The van der Waals surface area contributed by atoms with E-state index in [9.17, 15) is 0 Å². The van der Waals surface area contributed by atoms with Crippen LogP contribution in [0.5, 0.6) is 0 Å². The van der Waals surface area contributed by atoms with Gasteiger partial charge in [0, 0.05) is 18.4 Å². The third kappa shape index (κ3) is 1.72. The van der Waals surface area contributed by atoms with E-state index in [-0.39, 0.29) is 0 Å². The smallest absolute Gasteiger partial charge is 0.229 e. The molecule has 1 N–H and O–H groups in total. The number of nitrogens with one attached hydrogen (secondary N) is 1. The average Bonchev–Trinajstić information content (AvgIpc) is 2.75. The topological polar surface area (TPSA) is 51.0 Å². The molecule has 0 unspecified atom stereocenters. The molecule has 0 amide bonds. The minimum absolute atomic E-state index is 0.329. The summed E-state index contributed by atoms with van der Waals surface area (Å²) < 4.78 is 5.15. The van der Waals surface area contributed by atoms with E-state index in [1.54, 1.807) is 0 Å². The van der Waals surface area contributed by atoms with Gasteiger partial charge in [-0.3, -0.25) is 0 Å². The van der Waals surface area contributed by atoms with E-state index in [4.69, 9.17) is 4.52 Å². The Hall–Kier alpha value is -0.900. The van der Waals surface area contributed by atoms with Gasteiger partial charge in [-0.1, -0.05) is 19.0 Å². The predicted molar refractivity (Wildman–Crippen MR) is 48.6 cm³/mol. The maximum atomic E-state index is 5.15. The Morgan fingerprint density at radius 2 is 2.38 bits per heavy atom. The lowest BCUT2D eigenvalue weighted by molar-refractivity contribution is 0.358. The molecule has 0 aromatic carbocycles. The van der Waals surface area contributed by atoms with Crippen molar-refractivity contribution in [3.63, 3.8) is 0 Å². The van der Waals surface area contributed by atoms with Crippen molar-refractivity contribution in [3.8, 4) is 0 Å². The summed E-state index contributed by atoms with van der Waals surface area (Å²) in [6.45, 7) is 6.17. The first kappa shape index (κ1) is 8.69. The second-order valence-corrected chi connectivity index (χ2v) is 3.84. The summed E-state index contributed by atoms with van der Waals surface area (Å²) in [4.78, 5) is 4.37. The van der Waals surface area contributed by atoms with Crippen molar-refractivity contribution in [1.82, 2.24) is 15.5 Å². The van der Waals surface area contributed by atoms with Crippen LogP contribution in [0.15, 0.2) is 4.52 Å². The largest absolute Gasteiger partial charge is 0.339 e. The maximum absolute atomic E-state index is 5.15. The van der Waals surface area contributed by atoms with Gasteiger partial charge in [0.05, 0.1) is 0 Å². The van der Waals surface area contributed by atoms with Gasteiger partial charge < -0.3 is 9.84 Å². The lowest BCUT2D eigenvalue weighted by Gasteiger charge is -1.99. The minimum atomic E-state index is 0.329. The number of aromatic nitrogens is 2. The molecule has 2 rings (SSSR count). The Morgan fingerprint density at radius 1 is 1.54 bits per heavy atom. The zero-order chi connectivity index (χ0) is 9.26. The van der Waals surface area contributed by atoms with Crippen LogP contribution in [-0.4, -0.2) is 23.2 Å². The minimum Gasteiger partial charge on any atom is -0.339 e. The molecule has 0 bridgehead atoms. The van der Waals surface area contributed by atoms with E-state index in [1.807, 2.05) is 0 Å². The second kappa shape index (κ2) is 3.46. The summed E-state index contributed by atoms with van der Waals surface area (Å²) in [5, 5.41) is 7.28. The Kier molecular flexibility index (Phi) is 2.31. The fraction of sp³-hybridized carbons (Fsp3) is 0.778. The average molecular weight is 181 g/mol. The zero-order valence-electron chi connectivity index (χ0n) is 8.08. The molecule has 1 aliphatic heterocycles. The van der Waals surface area contributed by atoms with Crippen LogP contribution in [0.3, 0.4) is 0 Å². The lowest BCUT2D eigenvalue weighted by Crippen LogP contribution is -2.08. The van der Waals surface area contributed by atoms with Gasteiger partial charge in [-0.05, 0) is 13.0 Å². The van der Waals surface area contributed by atoms with E-state index < -0.39 is 0 Å². The van der Waals surface area contributed by atoms with Crippen molar-refractivity contribution < 1.29 is 4.52 Å². The highest BCUT2D eigenvalue weighted by molar-refractivity contribution is 5.00. The third-order valence-corrected chi connectivity index (χ3v) is 2.38. The summed E-state index contributed by atoms with van der Waals surface area (Å²) in [7, 11) is 0. The molecule has 0 spiro atoms. The van der Waals surface area contributed by atoms with Gasteiger partial charge in [0.15, 0.2) is 5.82 Å². The van der Waals surface area contributed by atoms with E-state index in [0.29, 0.717) is 11.8 Å². The van der Waals surface area contributed by atoms with Crippen LogP contribution >= 0.6 is 0 Å². The molecule has 1 aliphatic rings. The Bertz CT molecular complexity index is 276. The molecule has 0 saturated carbocycles. The highest BCUT2D eigenvalue weighted by Gasteiger charge is 2.22. The van der Waals surface area contributed by atoms with Crippen LogP contribution < -0.4 is 5.32 Å². The van der Waals surface area contributed by atoms with Crippen LogP contribution in [-0.2, 0) is 0 Å². The molecule has 1 fully saturated rings. The molecule has 1 aromatic rings. The molecule has 1 saturated heterocycles. The third-order valence-electron chi connectivity index (χ3n) is 2.38. The van der Waals surface area contributed by atoms with Crippen LogP contribution in [0.4, 0.5) is 0 Å². The summed E-state index contributed by atoms with van der Waals surface area (Å²) >= 11 is 0. The molecule has 2 heterocycles. The standard InChI is InChI=1S/C9H15N3O/c1-6(2)9-11-8(12-13-9)7-3-4-10-5-7/h6-7,10H,3-5H2,1-2H3/t7-/m1/s1. The maximum Gasteiger partial charge on any atom is 0.229 e. The van der Waals surface area contributed by atoms with Gasteiger partial charge in [0.25, 0.3) is 0 Å². The molecule has 4 heteroatoms. The molecule has 13 heavy (non-hydrogen) atoms. The summed E-state index contributed by atoms with van der Waals surface area (Å²) in [5.74, 6) is 2.41. The zero-order valence-corrected chi connectivity index (χ0v) is 8.08. The summed E-state index contributed by atoms with van der Waals surface area (Å²) in [6, 6.07) is 0. The molecule has 4 nitrogen and oxygen atoms in total. The number of hydrogen-bond acceptors (Lipinski definition) is 4. The van der Waals surface area contributed by atoms with Crippen LogP contribution in [0.1, 0.15) is 43.8 Å². The van der Waals surface area contributed by atoms with E-state index in [2.05, 4.69) is 29.3 Å². The molecule has 1 aromatic heterocycles. The molecule has 1 atom stereocenters. The van der Waals surface area contributed by atoms with E-state index in [0.717, 1.165) is 31.2 Å². The van der Waals surface area contributed by atoms with Crippen molar-refractivity contribution in [2.75, 3.05) is 13.1 Å². The fourth-order valence-corrected chi connectivity index (χ4v) is 1.52. The van der Waals surface area contributed by atoms with Gasteiger partial charge in [-0.15, -0.1) is 0 Å². The first-order valence-corrected chi connectivity index (χ1v) is 4.81. The van der Waals surface area contributed by atoms with E-state index in [1.165, 1.54) is 0 Å². The van der Waals surface area contributed by atoms with Crippen molar-refractivity contribution >= 4 is 0 Å². The Balaban J connectivity index is 2.12. The van der Waals surface area contributed by atoms with Gasteiger partial charge in [-0.25, -0.2) is 0 Å². The van der Waals surface area contributed by atoms with Crippen molar-refractivity contribution in [2.45, 2.75) is 32.1 Å². The van der Waals surface area contributed by atoms with Crippen molar-refractivity contribution in [1.29, 1.82) is 0 Å². The van der Waals surface area contributed by atoms with Crippen LogP contribution in [0.25, 0.3) is 0 Å². The van der Waals surface area contributed by atoms with Crippen molar-refractivity contribution in [3.05, 3.63) is 11.7 Å². The monoisotopic (exact) mass is 181 g/mol. The molecular weight excluding hydrogens is 166 g/mol.